The van der Waals surface area contributed by atoms with E-state index in [1.807, 2.05) is 13.0 Å². The van der Waals surface area contributed by atoms with Gasteiger partial charge in [-0.2, -0.15) is 5.26 Å². The van der Waals surface area contributed by atoms with Gasteiger partial charge in [0, 0.05) is 0 Å². The van der Waals surface area contributed by atoms with Crippen molar-refractivity contribution in [2.75, 3.05) is 12.4 Å². The Balaban J connectivity index is 1.81. The molecule has 0 saturated carbocycles. The maximum absolute atomic E-state index is 12.6. The standard InChI is InChI=1S/C30H36N4O3S/c1-9-26-33-34-28(38-26)32-27(35)21(17-31)12-19-10-11-24(25(15-19)36-8)37-18-20-13-22(29(2,3)4)16-23(14-20)30(5,6)7/h10-16H,9,18H2,1-8H3,(H,32,34,35). The molecule has 7 nitrogen and oxygen atoms in total. The minimum absolute atomic E-state index is 0.0147. The zero-order chi connectivity index (χ0) is 28.1. The van der Waals surface area contributed by atoms with E-state index in [-0.39, 0.29) is 16.4 Å². The number of anilines is 1. The fourth-order valence-corrected chi connectivity index (χ4v) is 4.30. The third kappa shape index (κ3) is 7.42. The number of amides is 1. The second-order valence-corrected chi connectivity index (χ2v) is 12.2. The lowest BCUT2D eigenvalue weighted by molar-refractivity contribution is -0.112. The highest BCUT2D eigenvalue weighted by Gasteiger charge is 2.21. The number of nitrogens with zero attached hydrogens (tertiary/aromatic N) is 3. The summed E-state index contributed by atoms with van der Waals surface area (Å²) in [4.78, 5) is 12.6. The van der Waals surface area contributed by atoms with Gasteiger partial charge in [0.05, 0.1) is 7.11 Å². The molecule has 0 saturated heterocycles. The Morgan fingerprint density at radius 2 is 1.68 bits per heavy atom. The van der Waals surface area contributed by atoms with Gasteiger partial charge in [0.15, 0.2) is 11.5 Å². The lowest BCUT2D eigenvalue weighted by Crippen LogP contribution is -2.17. The Kier molecular flexibility index (Phi) is 8.95. The number of nitriles is 1. The zero-order valence-electron chi connectivity index (χ0n) is 23.4. The Morgan fingerprint density at radius 3 is 2.21 bits per heavy atom. The third-order valence-electron chi connectivity index (χ3n) is 5.97. The molecule has 0 aliphatic carbocycles. The quantitative estimate of drug-likeness (QED) is 0.252. The van der Waals surface area contributed by atoms with Crippen LogP contribution in [-0.2, 0) is 28.7 Å². The first-order valence-electron chi connectivity index (χ1n) is 12.6. The van der Waals surface area contributed by atoms with Crippen molar-refractivity contribution in [3.05, 3.63) is 69.2 Å². The van der Waals surface area contributed by atoms with Crippen LogP contribution in [0.1, 0.15) is 75.7 Å². The molecule has 38 heavy (non-hydrogen) atoms. The smallest absolute Gasteiger partial charge is 0.268 e. The molecular weight excluding hydrogens is 496 g/mol. The predicted molar refractivity (Wildman–Crippen MR) is 153 cm³/mol. The van der Waals surface area contributed by atoms with Crippen LogP contribution in [0.4, 0.5) is 5.13 Å². The summed E-state index contributed by atoms with van der Waals surface area (Å²) in [6.45, 7) is 15.6. The van der Waals surface area contributed by atoms with E-state index in [9.17, 15) is 10.1 Å². The van der Waals surface area contributed by atoms with Crippen molar-refractivity contribution in [1.82, 2.24) is 10.2 Å². The first-order chi connectivity index (χ1) is 17.8. The molecule has 0 spiro atoms. The van der Waals surface area contributed by atoms with E-state index in [4.69, 9.17) is 9.47 Å². The minimum atomic E-state index is -0.543. The number of hydrogen-bond acceptors (Lipinski definition) is 7. The molecule has 1 aromatic heterocycles. The van der Waals surface area contributed by atoms with Crippen molar-refractivity contribution >= 4 is 28.5 Å². The molecule has 3 aromatic rings. The van der Waals surface area contributed by atoms with Crippen molar-refractivity contribution in [3.63, 3.8) is 0 Å². The Bertz CT molecular complexity index is 1340. The number of hydrogen-bond donors (Lipinski definition) is 1. The second-order valence-electron chi connectivity index (χ2n) is 11.1. The number of rotatable bonds is 8. The van der Waals surface area contributed by atoms with E-state index in [1.54, 1.807) is 25.3 Å². The molecule has 1 N–H and O–H groups in total. The number of methoxy groups -OCH3 is 1. The maximum Gasteiger partial charge on any atom is 0.268 e. The molecule has 200 valence electrons. The lowest BCUT2D eigenvalue weighted by atomic mass is 9.79. The van der Waals surface area contributed by atoms with Crippen LogP contribution < -0.4 is 14.8 Å². The molecule has 0 radical (unpaired) electrons. The molecule has 0 aliphatic rings. The van der Waals surface area contributed by atoms with Crippen LogP contribution in [0.5, 0.6) is 11.5 Å². The van der Waals surface area contributed by atoms with Crippen LogP contribution in [0, 0.1) is 11.3 Å². The number of aryl methyl sites for hydroxylation is 1. The molecule has 0 aliphatic heterocycles. The summed E-state index contributed by atoms with van der Waals surface area (Å²) in [5, 5.41) is 21.3. The van der Waals surface area contributed by atoms with E-state index in [0.29, 0.717) is 28.8 Å². The van der Waals surface area contributed by atoms with Crippen molar-refractivity contribution in [2.24, 2.45) is 0 Å². The van der Waals surface area contributed by atoms with Crippen molar-refractivity contribution in [2.45, 2.75) is 72.3 Å². The largest absolute Gasteiger partial charge is 0.493 e. The zero-order valence-corrected chi connectivity index (χ0v) is 24.2. The van der Waals surface area contributed by atoms with Gasteiger partial charge in [0.2, 0.25) is 5.13 Å². The Labute approximate surface area is 229 Å². The molecule has 1 heterocycles. The van der Waals surface area contributed by atoms with Crippen LogP contribution in [0.25, 0.3) is 6.08 Å². The van der Waals surface area contributed by atoms with Gasteiger partial charge in [-0.15, -0.1) is 10.2 Å². The van der Waals surface area contributed by atoms with Crippen LogP contribution in [0.15, 0.2) is 42.0 Å². The highest BCUT2D eigenvalue weighted by Crippen LogP contribution is 2.33. The summed E-state index contributed by atoms with van der Waals surface area (Å²) >= 11 is 1.28. The lowest BCUT2D eigenvalue weighted by Gasteiger charge is -2.26. The highest BCUT2D eigenvalue weighted by molar-refractivity contribution is 7.15. The number of benzene rings is 2. The van der Waals surface area contributed by atoms with E-state index >= 15 is 0 Å². The normalized spacial score (nSPS) is 12.1. The summed E-state index contributed by atoms with van der Waals surface area (Å²) in [7, 11) is 1.56. The summed E-state index contributed by atoms with van der Waals surface area (Å²) in [6, 6.07) is 13.9. The Morgan fingerprint density at radius 1 is 1.03 bits per heavy atom. The van der Waals surface area contributed by atoms with Crippen molar-refractivity contribution in [3.8, 4) is 17.6 Å². The number of carbonyl (C=O) groups is 1. The minimum Gasteiger partial charge on any atom is -0.493 e. The first kappa shape index (κ1) is 28.9. The Hall–Kier alpha value is -3.70. The van der Waals surface area contributed by atoms with Gasteiger partial charge in [-0.1, -0.05) is 84.1 Å². The molecule has 0 bridgehead atoms. The molecule has 0 fully saturated rings. The molecule has 1 amide bonds. The third-order valence-corrected chi connectivity index (χ3v) is 6.96. The van der Waals surface area contributed by atoms with Gasteiger partial charge in [-0.05, 0) is 57.7 Å². The maximum atomic E-state index is 12.6. The molecule has 3 rings (SSSR count). The summed E-state index contributed by atoms with van der Waals surface area (Å²) in [6.07, 6.45) is 2.23. The highest BCUT2D eigenvalue weighted by atomic mass is 32.1. The van der Waals surface area contributed by atoms with Crippen molar-refractivity contribution < 1.29 is 14.3 Å². The van der Waals surface area contributed by atoms with Gasteiger partial charge in [0.25, 0.3) is 5.91 Å². The predicted octanol–water partition coefficient (Wildman–Crippen LogP) is 6.83. The average molecular weight is 533 g/mol. The molecule has 2 aromatic carbocycles. The van der Waals surface area contributed by atoms with E-state index in [2.05, 4.69) is 75.3 Å². The average Bonchev–Trinajstić information content (AvgIpc) is 3.32. The van der Waals surface area contributed by atoms with Gasteiger partial charge in [0.1, 0.15) is 23.3 Å². The fraction of sp³-hybridized carbons (Fsp3) is 0.400. The van der Waals surface area contributed by atoms with Crippen LogP contribution in [-0.4, -0.2) is 23.2 Å². The monoisotopic (exact) mass is 532 g/mol. The van der Waals surface area contributed by atoms with Crippen molar-refractivity contribution in [1.29, 1.82) is 5.26 Å². The van der Waals surface area contributed by atoms with Gasteiger partial charge >= 0.3 is 0 Å². The van der Waals surface area contributed by atoms with Gasteiger partial charge in [-0.25, -0.2) is 0 Å². The number of ether oxygens (including phenoxy) is 2. The molecular formula is C30H36N4O3S. The molecule has 0 unspecified atom stereocenters. The first-order valence-corrected chi connectivity index (χ1v) is 13.4. The summed E-state index contributed by atoms with van der Waals surface area (Å²) in [5.41, 5.74) is 4.22. The van der Waals surface area contributed by atoms with Gasteiger partial charge < -0.3 is 9.47 Å². The van der Waals surface area contributed by atoms with Crippen LogP contribution in [0.2, 0.25) is 0 Å². The van der Waals surface area contributed by atoms with Gasteiger partial charge in [-0.3, -0.25) is 10.1 Å². The second kappa shape index (κ2) is 11.8. The van der Waals surface area contributed by atoms with E-state index < -0.39 is 5.91 Å². The van der Waals surface area contributed by atoms with Crippen LogP contribution in [0.3, 0.4) is 0 Å². The van der Waals surface area contributed by atoms with Crippen LogP contribution >= 0.6 is 11.3 Å². The summed E-state index contributed by atoms with van der Waals surface area (Å²) in [5.74, 6) is 0.544. The SMILES string of the molecule is CCc1nnc(NC(=O)C(C#N)=Cc2ccc(OCc3cc(C(C)(C)C)cc(C(C)(C)C)c3)c(OC)c2)s1. The topological polar surface area (TPSA) is 97.1 Å². The number of nitrogens with one attached hydrogen (secondary N) is 1. The van der Waals surface area contributed by atoms with E-state index in [0.717, 1.165) is 17.0 Å². The number of carbonyl (C=O) groups excluding carboxylic acids is 1. The summed E-state index contributed by atoms with van der Waals surface area (Å²) < 4.78 is 11.7. The number of aromatic nitrogens is 2. The molecule has 0 atom stereocenters. The fourth-order valence-electron chi connectivity index (χ4n) is 3.62. The van der Waals surface area contributed by atoms with E-state index in [1.165, 1.54) is 28.5 Å². The molecule has 8 heteroatoms.